The number of aryl methyl sites for hydroxylation is 1. The summed E-state index contributed by atoms with van der Waals surface area (Å²) in [5.41, 5.74) is 1.67. The lowest BCUT2D eigenvalue weighted by molar-refractivity contribution is 0.0906. The first-order chi connectivity index (χ1) is 14.9. The van der Waals surface area contributed by atoms with Crippen molar-refractivity contribution in [2.75, 3.05) is 19.6 Å². The molecule has 1 aromatic heterocycles. The van der Waals surface area contributed by atoms with Gasteiger partial charge in [0.15, 0.2) is 0 Å². The average Bonchev–Trinajstić information content (AvgIpc) is 3.29. The van der Waals surface area contributed by atoms with Gasteiger partial charge in [0.25, 0.3) is 5.91 Å². The Morgan fingerprint density at radius 1 is 1.13 bits per heavy atom. The van der Waals surface area contributed by atoms with Crippen LogP contribution in [0.1, 0.15) is 72.7 Å². The van der Waals surface area contributed by atoms with Crippen LogP contribution in [0.3, 0.4) is 0 Å². The van der Waals surface area contributed by atoms with Crippen LogP contribution in [0, 0.1) is 12.8 Å². The number of hydrogen-bond acceptors (Lipinski definition) is 5. The molecule has 1 saturated carbocycles. The number of piperidine rings is 1. The highest BCUT2D eigenvalue weighted by atomic mass is 32.2. The largest absolute Gasteiger partial charge is 0.351 e. The second-order valence-corrected chi connectivity index (χ2v) is 10.8. The summed E-state index contributed by atoms with van der Waals surface area (Å²) in [6.45, 7) is 3.42. The van der Waals surface area contributed by atoms with Crippen molar-refractivity contribution < 1.29 is 17.7 Å². The van der Waals surface area contributed by atoms with E-state index in [1.807, 2.05) is 19.1 Å². The molecule has 2 fully saturated rings. The minimum atomic E-state index is -3.55. The summed E-state index contributed by atoms with van der Waals surface area (Å²) in [5.74, 6) is 0.408. The van der Waals surface area contributed by atoms with Gasteiger partial charge < -0.3 is 9.84 Å². The van der Waals surface area contributed by atoms with Crippen molar-refractivity contribution in [2.45, 2.75) is 62.7 Å². The number of benzene rings is 1. The average molecular weight is 446 g/mol. The highest BCUT2D eigenvalue weighted by molar-refractivity contribution is 7.89. The predicted molar refractivity (Wildman–Crippen MR) is 117 cm³/mol. The van der Waals surface area contributed by atoms with Gasteiger partial charge in [-0.3, -0.25) is 4.79 Å². The molecule has 2 aliphatic rings. The zero-order chi connectivity index (χ0) is 21.8. The first kappa shape index (κ1) is 22.0. The lowest BCUT2D eigenvalue weighted by Gasteiger charge is -2.30. The SMILES string of the molecule is Cc1ccc(S(=O)(=O)N2CCC[C@@H](c3cc(C(=O)NCC4CCCCC4)on3)C2)cc1. The van der Waals surface area contributed by atoms with E-state index in [1.165, 1.54) is 23.6 Å². The molecule has 2 heterocycles. The first-order valence-electron chi connectivity index (χ1n) is 11.2. The number of amides is 1. The Morgan fingerprint density at radius 3 is 2.61 bits per heavy atom. The zero-order valence-electron chi connectivity index (χ0n) is 18.0. The highest BCUT2D eigenvalue weighted by Gasteiger charge is 2.32. The predicted octanol–water partition coefficient (Wildman–Crippen LogP) is 3.86. The van der Waals surface area contributed by atoms with Crippen molar-refractivity contribution in [3.05, 3.63) is 47.3 Å². The first-order valence-corrected chi connectivity index (χ1v) is 12.7. The standard InChI is InChI=1S/C23H31N3O4S/c1-17-9-11-20(12-10-17)31(28,29)26-13-5-8-19(16-26)21-14-22(30-25-21)23(27)24-15-18-6-3-2-4-7-18/h9-12,14,18-19H,2-8,13,15-16H2,1H3,(H,24,27)/t19-/m1/s1. The normalized spacial score (nSPS) is 21.1. The fourth-order valence-electron chi connectivity index (χ4n) is 4.57. The zero-order valence-corrected chi connectivity index (χ0v) is 18.9. The molecule has 1 aromatic carbocycles. The number of nitrogens with zero attached hydrogens (tertiary/aromatic N) is 2. The van der Waals surface area contributed by atoms with E-state index in [1.54, 1.807) is 18.2 Å². The second kappa shape index (κ2) is 9.53. The molecule has 1 atom stereocenters. The molecule has 4 rings (SSSR count). The quantitative estimate of drug-likeness (QED) is 0.729. The van der Waals surface area contributed by atoms with E-state index in [0.29, 0.717) is 36.1 Å². The van der Waals surface area contributed by atoms with E-state index < -0.39 is 10.0 Å². The van der Waals surface area contributed by atoms with Crippen LogP contribution >= 0.6 is 0 Å². The number of rotatable bonds is 6. The van der Waals surface area contributed by atoms with Gasteiger partial charge >= 0.3 is 0 Å². The van der Waals surface area contributed by atoms with Gasteiger partial charge in [0.2, 0.25) is 15.8 Å². The maximum Gasteiger partial charge on any atom is 0.289 e. The molecule has 2 aromatic rings. The number of aromatic nitrogens is 1. The molecule has 0 radical (unpaired) electrons. The number of carbonyl (C=O) groups excluding carboxylic acids is 1. The van der Waals surface area contributed by atoms with E-state index >= 15 is 0 Å². The maximum atomic E-state index is 13.0. The maximum absolute atomic E-state index is 13.0. The van der Waals surface area contributed by atoms with Crippen LogP contribution in [0.25, 0.3) is 0 Å². The Bertz CT molecular complexity index is 994. The van der Waals surface area contributed by atoms with Crippen LogP contribution in [0.15, 0.2) is 39.8 Å². The van der Waals surface area contributed by atoms with Gasteiger partial charge in [-0.15, -0.1) is 0 Å². The Hall–Kier alpha value is -2.19. The van der Waals surface area contributed by atoms with Gasteiger partial charge in [-0.1, -0.05) is 42.1 Å². The van der Waals surface area contributed by atoms with Crippen molar-refractivity contribution in [1.29, 1.82) is 0 Å². The fourth-order valence-corrected chi connectivity index (χ4v) is 6.09. The van der Waals surface area contributed by atoms with Crippen LogP contribution in [-0.4, -0.2) is 43.4 Å². The number of hydrogen-bond donors (Lipinski definition) is 1. The molecule has 0 unspecified atom stereocenters. The summed E-state index contributed by atoms with van der Waals surface area (Å²) >= 11 is 0. The Labute approximate surface area is 184 Å². The van der Waals surface area contributed by atoms with Crippen LogP contribution < -0.4 is 5.32 Å². The molecule has 1 aliphatic carbocycles. The van der Waals surface area contributed by atoms with Gasteiger partial charge in [-0.05, 0) is 50.7 Å². The van der Waals surface area contributed by atoms with E-state index in [2.05, 4.69) is 10.5 Å². The summed E-state index contributed by atoms with van der Waals surface area (Å²) in [7, 11) is -3.55. The molecule has 0 bridgehead atoms. The van der Waals surface area contributed by atoms with Gasteiger partial charge in [0, 0.05) is 31.6 Å². The van der Waals surface area contributed by atoms with Gasteiger partial charge in [-0.2, -0.15) is 4.31 Å². The van der Waals surface area contributed by atoms with E-state index in [-0.39, 0.29) is 17.6 Å². The van der Waals surface area contributed by atoms with Crippen molar-refractivity contribution in [2.24, 2.45) is 5.92 Å². The third-order valence-corrected chi connectivity index (χ3v) is 8.37. The Kier molecular flexibility index (Phi) is 6.77. The molecule has 1 N–H and O–H groups in total. The van der Waals surface area contributed by atoms with E-state index in [9.17, 15) is 13.2 Å². The van der Waals surface area contributed by atoms with Crippen molar-refractivity contribution in [3.8, 4) is 0 Å². The second-order valence-electron chi connectivity index (χ2n) is 8.85. The van der Waals surface area contributed by atoms with E-state index in [4.69, 9.17) is 4.52 Å². The van der Waals surface area contributed by atoms with Crippen LogP contribution in [0.4, 0.5) is 0 Å². The number of nitrogens with one attached hydrogen (secondary N) is 1. The molecule has 8 heteroatoms. The third kappa shape index (κ3) is 5.18. The topological polar surface area (TPSA) is 92.5 Å². The Balaban J connectivity index is 1.39. The summed E-state index contributed by atoms with van der Waals surface area (Å²) < 4.78 is 32.9. The molecule has 1 aliphatic heterocycles. The van der Waals surface area contributed by atoms with Crippen LogP contribution in [0.2, 0.25) is 0 Å². The van der Waals surface area contributed by atoms with Crippen LogP contribution in [0.5, 0.6) is 0 Å². The Morgan fingerprint density at radius 2 is 1.87 bits per heavy atom. The summed E-state index contributed by atoms with van der Waals surface area (Å²) in [6.07, 6.45) is 7.63. The van der Waals surface area contributed by atoms with Gasteiger partial charge in [-0.25, -0.2) is 8.42 Å². The molecule has 168 valence electrons. The summed E-state index contributed by atoms with van der Waals surface area (Å²) in [5, 5.41) is 7.06. The van der Waals surface area contributed by atoms with Crippen molar-refractivity contribution >= 4 is 15.9 Å². The lowest BCUT2D eigenvalue weighted by atomic mass is 9.89. The molecule has 1 saturated heterocycles. The minimum Gasteiger partial charge on any atom is -0.351 e. The molecule has 31 heavy (non-hydrogen) atoms. The van der Waals surface area contributed by atoms with Crippen LogP contribution in [-0.2, 0) is 10.0 Å². The molecular weight excluding hydrogens is 414 g/mol. The number of carbonyl (C=O) groups is 1. The summed E-state index contributed by atoms with van der Waals surface area (Å²) in [4.78, 5) is 12.8. The lowest BCUT2D eigenvalue weighted by Crippen LogP contribution is -2.39. The van der Waals surface area contributed by atoms with Gasteiger partial charge in [0.05, 0.1) is 10.6 Å². The van der Waals surface area contributed by atoms with Gasteiger partial charge in [0.1, 0.15) is 0 Å². The fraction of sp³-hybridized carbons (Fsp3) is 0.565. The summed E-state index contributed by atoms with van der Waals surface area (Å²) in [6, 6.07) is 8.59. The molecule has 7 nitrogen and oxygen atoms in total. The molecular formula is C23H31N3O4S. The molecule has 1 amide bonds. The monoisotopic (exact) mass is 445 g/mol. The van der Waals surface area contributed by atoms with E-state index in [0.717, 1.165) is 31.2 Å². The number of sulfonamides is 1. The van der Waals surface area contributed by atoms with Crippen molar-refractivity contribution in [3.63, 3.8) is 0 Å². The molecule has 0 spiro atoms. The minimum absolute atomic E-state index is 0.0855. The third-order valence-electron chi connectivity index (χ3n) is 6.49. The van der Waals surface area contributed by atoms with Crippen molar-refractivity contribution in [1.82, 2.24) is 14.8 Å². The highest BCUT2D eigenvalue weighted by Crippen LogP contribution is 2.30. The smallest absolute Gasteiger partial charge is 0.289 e.